The lowest BCUT2D eigenvalue weighted by Gasteiger charge is -2.07. The molecule has 5 rings (SSSR count). The van der Waals surface area contributed by atoms with Crippen LogP contribution in [0.5, 0.6) is 5.75 Å². The first-order valence-corrected chi connectivity index (χ1v) is 10.3. The Morgan fingerprint density at radius 3 is 2.72 bits per heavy atom. The Balaban J connectivity index is 1.46. The number of methoxy groups -OCH3 is 1. The second-order valence-corrected chi connectivity index (χ2v) is 7.60. The number of hydrogen-bond acceptors (Lipinski definition) is 3. The quantitative estimate of drug-likeness (QED) is 0.410. The lowest BCUT2D eigenvalue weighted by atomic mass is 10.0. The van der Waals surface area contributed by atoms with Crippen molar-refractivity contribution in [3.8, 4) is 5.75 Å². The topological polar surface area (TPSA) is 83.2 Å². The summed E-state index contributed by atoms with van der Waals surface area (Å²) in [6.07, 6.45) is 3.70. The smallest absolute Gasteiger partial charge is 0.256 e. The monoisotopic (exact) mass is 423 g/mol. The lowest BCUT2D eigenvalue weighted by molar-refractivity contribution is -0.110. The van der Waals surface area contributed by atoms with E-state index in [0.717, 1.165) is 27.8 Å². The van der Waals surface area contributed by atoms with E-state index in [4.69, 9.17) is 4.74 Å². The molecule has 6 heteroatoms. The fourth-order valence-corrected chi connectivity index (χ4v) is 3.88. The molecule has 0 saturated heterocycles. The fraction of sp³-hybridized carbons (Fsp3) is 0.0769. The Kier molecular flexibility index (Phi) is 4.95. The van der Waals surface area contributed by atoms with Crippen LogP contribution in [0, 0.1) is 0 Å². The second-order valence-electron chi connectivity index (χ2n) is 7.60. The van der Waals surface area contributed by atoms with Crippen molar-refractivity contribution in [2.45, 2.75) is 6.54 Å². The molecule has 2 heterocycles. The van der Waals surface area contributed by atoms with Gasteiger partial charge in [0.2, 0.25) is 0 Å². The van der Waals surface area contributed by atoms with Gasteiger partial charge in [0, 0.05) is 51.6 Å². The third-order valence-corrected chi connectivity index (χ3v) is 5.58. The number of amides is 2. The molecule has 4 aromatic rings. The summed E-state index contributed by atoms with van der Waals surface area (Å²) >= 11 is 0. The van der Waals surface area contributed by atoms with Gasteiger partial charge in [0.05, 0.1) is 7.11 Å². The minimum Gasteiger partial charge on any atom is -0.497 e. The largest absolute Gasteiger partial charge is 0.497 e. The molecule has 1 aromatic heterocycles. The normalized spacial score (nSPS) is 13.8. The predicted octanol–water partition coefficient (Wildman–Crippen LogP) is 4.60. The summed E-state index contributed by atoms with van der Waals surface area (Å²) in [5, 5.41) is 6.77. The van der Waals surface area contributed by atoms with Gasteiger partial charge in [0.25, 0.3) is 11.8 Å². The van der Waals surface area contributed by atoms with Crippen molar-refractivity contribution >= 4 is 40.1 Å². The predicted molar refractivity (Wildman–Crippen MR) is 125 cm³/mol. The number of aromatic nitrogens is 1. The molecule has 3 N–H and O–H groups in total. The number of hydrogen-bond donors (Lipinski definition) is 3. The van der Waals surface area contributed by atoms with Crippen LogP contribution in [0.1, 0.15) is 27.0 Å². The van der Waals surface area contributed by atoms with E-state index >= 15 is 0 Å². The van der Waals surface area contributed by atoms with Gasteiger partial charge in [0.15, 0.2) is 0 Å². The first-order chi connectivity index (χ1) is 15.6. The van der Waals surface area contributed by atoms with Crippen LogP contribution in [0.25, 0.3) is 22.6 Å². The zero-order valence-electron chi connectivity index (χ0n) is 17.4. The minimum atomic E-state index is -0.195. The highest BCUT2D eigenvalue weighted by molar-refractivity contribution is 6.35. The molecular weight excluding hydrogens is 402 g/mol. The summed E-state index contributed by atoms with van der Waals surface area (Å²) in [7, 11) is 1.62. The van der Waals surface area contributed by atoms with Crippen LogP contribution in [0.3, 0.4) is 0 Å². The number of nitrogens with one attached hydrogen (secondary N) is 3. The number of carbonyl (C=O) groups is 2. The maximum absolute atomic E-state index is 12.7. The van der Waals surface area contributed by atoms with Crippen molar-refractivity contribution in [2.75, 3.05) is 12.4 Å². The summed E-state index contributed by atoms with van der Waals surface area (Å²) in [6, 6.07) is 20.7. The molecule has 0 radical (unpaired) electrons. The van der Waals surface area contributed by atoms with Gasteiger partial charge < -0.3 is 20.4 Å². The van der Waals surface area contributed by atoms with Crippen LogP contribution in [0.15, 0.2) is 72.9 Å². The Labute approximate surface area is 184 Å². The van der Waals surface area contributed by atoms with Crippen LogP contribution < -0.4 is 15.4 Å². The number of H-pyrrole nitrogens is 1. The molecule has 2 amide bonds. The minimum absolute atomic E-state index is 0.188. The second kappa shape index (κ2) is 8.07. The summed E-state index contributed by atoms with van der Waals surface area (Å²) in [5.41, 5.74) is 5.26. The zero-order chi connectivity index (χ0) is 22.1. The van der Waals surface area contributed by atoms with Crippen molar-refractivity contribution in [3.05, 3.63) is 95.2 Å². The van der Waals surface area contributed by atoms with E-state index in [0.29, 0.717) is 28.9 Å². The van der Waals surface area contributed by atoms with Crippen molar-refractivity contribution in [2.24, 2.45) is 0 Å². The average molecular weight is 423 g/mol. The Hall–Kier alpha value is -4.32. The van der Waals surface area contributed by atoms with Gasteiger partial charge in [-0.2, -0.15) is 0 Å². The molecule has 1 aliphatic rings. The molecule has 0 fully saturated rings. The number of fused-ring (bicyclic) bond motifs is 2. The summed E-state index contributed by atoms with van der Waals surface area (Å²) in [5.74, 6) is 0.358. The molecule has 0 spiro atoms. The van der Waals surface area contributed by atoms with Crippen LogP contribution >= 0.6 is 0 Å². The van der Waals surface area contributed by atoms with Gasteiger partial charge in [-0.25, -0.2) is 0 Å². The van der Waals surface area contributed by atoms with E-state index in [2.05, 4.69) is 15.6 Å². The van der Waals surface area contributed by atoms with E-state index < -0.39 is 0 Å². The van der Waals surface area contributed by atoms with E-state index in [1.54, 1.807) is 25.3 Å². The van der Waals surface area contributed by atoms with Gasteiger partial charge in [0.1, 0.15) is 5.75 Å². The third kappa shape index (κ3) is 3.63. The molecule has 0 unspecified atom stereocenters. The maximum atomic E-state index is 12.7. The molecule has 0 aliphatic carbocycles. The first-order valence-electron chi connectivity index (χ1n) is 10.3. The highest BCUT2D eigenvalue weighted by Crippen LogP contribution is 2.35. The van der Waals surface area contributed by atoms with Crippen LogP contribution in [-0.4, -0.2) is 23.9 Å². The molecule has 0 saturated carbocycles. The van der Waals surface area contributed by atoms with E-state index in [1.807, 2.05) is 60.8 Å². The number of aromatic amines is 1. The van der Waals surface area contributed by atoms with Gasteiger partial charge in [-0.3, -0.25) is 9.59 Å². The highest BCUT2D eigenvalue weighted by atomic mass is 16.5. The Bertz CT molecular complexity index is 1370. The summed E-state index contributed by atoms with van der Waals surface area (Å²) < 4.78 is 5.33. The summed E-state index contributed by atoms with van der Waals surface area (Å²) in [6.45, 7) is 0.438. The van der Waals surface area contributed by atoms with Crippen LogP contribution in [-0.2, 0) is 11.3 Å². The van der Waals surface area contributed by atoms with Gasteiger partial charge in [-0.1, -0.05) is 30.3 Å². The summed E-state index contributed by atoms with van der Waals surface area (Å²) in [4.78, 5) is 28.6. The molecule has 0 bridgehead atoms. The Morgan fingerprint density at radius 1 is 1.06 bits per heavy atom. The number of carbonyl (C=O) groups excluding carboxylic acids is 2. The Morgan fingerprint density at radius 2 is 1.91 bits per heavy atom. The zero-order valence-corrected chi connectivity index (χ0v) is 17.4. The fourth-order valence-electron chi connectivity index (χ4n) is 3.88. The first kappa shape index (κ1) is 19.6. The van der Waals surface area contributed by atoms with Crippen molar-refractivity contribution < 1.29 is 14.3 Å². The molecule has 3 aromatic carbocycles. The molecule has 32 heavy (non-hydrogen) atoms. The molecular formula is C26H21N3O3. The maximum Gasteiger partial charge on any atom is 0.256 e. The van der Waals surface area contributed by atoms with E-state index in [9.17, 15) is 9.59 Å². The highest BCUT2D eigenvalue weighted by Gasteiger charge is 2.25. The standard InChI is InChI=1S/C26H21N3O3/c1-32-19-8-10-23-20(13-19)18(15-27-23)12-22-21-11-17(7-9-24(21)29-26(22)31)25(30)28-14-16-5-3-2-4-6-16/h2-13,15,27H,14H2,1H3,(H,28,30)(H,29,31)/b22-12+. The van der Waals surface area contributed by atoms with Crippen LogP contribution in [0.4, 0.5) is 5.69 Å². The number of ether oxygens (including phenoxy) is 1. The molecule has 6 nitrogen and oxygen atoms in total. The number of anilines is 1. The van der Waals surface area contributed by atoms with E-state index in [1.165, 1.54) is 0 Å². The van der Waals surface area contributed by atoms with Gasteiger partial charge in [-0.05, 0) is 48.0 Å². The molecule has 1 aliphatic heterocycles. The SMILES string of the molecule is COc1ccc2[nH]cc(/C=C3/C(=O)Nc4ccc(C(=O)NCc5ccccc5)cc43)c2c1. The third-order valence-electron chi connectivity index (χ3n) is 5.58. The van der Waals surface area contributed by atoms with Gasteiger partial charge in [-0.15, -0.1) is 0 Å². The molecule has 158 valence electrons. The van der Waals surface area contributed by atoms with Crippen LogP contribution in [0.2, 0.25) is 0 Å². The van der Waals surface area contributed by atoms with Crippen molar-refractivity contribution in [1.29, 1.82) is 0 Å². The number of rotatable bonds is 5. The van der Waals surface area contributed by atoms with E-state index in [-0.39, 0.29) is 11.8 Å². The average Bonchev–Trinajstić information content (AvgIpc) is 3.37. The van der Waals surface area contributed by atoms with Crippen molar-refractivity contribution in [3.63, 3.8) is 0 Å². The molecule has 0 atom stereocenters. The number of benzene rings is 3. The van der Waals surface area contributed by atoms with Gasteiger partial charge >= 0.3 is 0 Å². The van der Waals surface area contributed by atoms with Crippen molar-refractivity contribution in [1.82, 2.24) is 10.3 Å². The lowest BCUT2D eigenvalue weighted by Crippen LogP contribution is -2.22.